The fraction of sp³-hybridized carbons (Fsp3) is 0.630. The molecule has 1 aromatic heterocycles. The lowest BCUT2D eigenvalue weighted by molar-refractivity contribution is -0.0506. The van der Waals surface area contributed by atoms with Crippen molar-refractivity contribution in [3.05, 3.63) is 53.1 Å². The van der Waals surface area contributed by atoms with Gasteiger partial charge in [0.1, 0.15) is 24.1 Å². The molecule has 1 aliphatic heterocycles. The number of aromatic nitrogens is 2. The van der Waals surface area contributed by atoms with Crippen LogP contribution in [0.15, 0.2) is 47.4 Å². The van der Waals surface area contributed by atoms with Crippen LogP contribution in [0, 0.1) is 0 Å². The Labute approximate surface area is 245 Å². The lowest BCUT2D eigenvalue weighted by atomic mass is 10.1. The smallest absolute Gasteiger partial charge is 0.397 e. The molecule has 2 heterocycles. The van der Waals surface area contributed by atoms with Crippen LogP contribution >= 0.6 is 0 Å². The minimum absolute atomic E-state index is 0.0135. The summed E-state index contributed by atoms with van der Waals surface area (Å²) in [5.74, 6) is 0.334. The van der Waals surface area contributed by atoms with Crippen LogP contribution in [0.25, 0.3) is 0 Å². The SMILES string of the molecule is CC(C)(C)[Si](C)(C)OC[C@H]1O[C@@H](n2ccc(Nc3ccccc3)nc2=O)[C@H](O[Si](C)(C)C(C)(C)C)[C@@H]1OS(=O)(=O)O. The van der Waals surface area contributed by atoms with Gasteiger partial charge in [-0.3, -0.25) is 9.12 Å². The van der Waals surface area contributed by atoms with Gasteiger partial charge >= 0.3 is 16.1 Å². The van der Waals surface area contributed by atoms with Gasteiger partial charge in [0, 0.05) is 11.9 Å². The fourth-order valence-corrected chi connectivity index (χ4v) is 6.63. The van der Waals surface area contributed by atoms with Crippen molar-refractivity contribution in [3.8, 4) is 0 Å². The maximum absolute atomic E-state index is 13.3. The summed E-state index contributed by atoms with van der Waals surface area (Å²) in [7, 11) is -9.77. The first-order valence-electron chi connectivity index (χ1n) is 13.7. The normalized spacial score (nSPS) is 22.6. The van der Waals surface area contributed by atoms with Gasteiger partial charge in [-0.1, -0.05) is 59.7 Å². The van der Waals surface area contributed by atoms with Crippen LogP contribution in [0.4, 0.5) is 11.5 Å². The van der Waals surface area contributed by atoms with E-state index in [1.807, 2.05) is 64.2 Å². The van der Waals surface area contributed by atoms with Gasteiger partial charge in [0.15, 0.2) is 22.9 Å². The first-order chi connectivity index (χ1) is 18.6. The Morgan fingerprint density at radius 2 is 1.56 bits per heavy atom. The zero-order valence-corrected chi connectivity index (χ0v) is 28.5. The molecule has 3 rings (SSSR count). The highest BCUT2D eigenvalue weighted by molar-refractivity contribution is 7.80. The molecule has 0 bridgehead atoms. The summed E-state index contributed by atoms with van der Waals surface area (Å²) >= 11 is 0. The summed E-state index contributed by atoms with van der Waals surface area (Å²) in [5.41, 5.74) is 0.134. The van der Waals surface area contributed by atoms with Crippen LogP contribution in [0.5, 0.6) is 0 Å². The van der Waals surface area contributed by atoms with Crippen molar-refractivity contribution in [1.29, 1.82) is 0 Å². The molecule has 1 aliphatic rings. The highest BCUT2D eigenvalue weighted by atomic mass is 32.3. The second kappa shape index (κ2) is 12.0. The van der Waals surface area contributed by atoms with Gasteiger partial charge in [-0.25, -0.2) is 8.98 Å². The molecule has 0 amide bonds. The van der Waals surface area contributed by atoms with Crippen LogP contribution in [0.2, 0.25) is 36.3 Å². The molecule has 0 spiro atoms. The average Bonchev–Trinajstić information content (AvgIpc) is 3.12. The molecule has 0 unspecified atom stereocenters. The van der Waals surface area contributed by atoms with E-state index in [0.29, 0.717) is 5.82 Å². The largest absolute Gasteiger partial charge is 0.414 e. The Morgan fingerprint density at radius 1 is 0.976 bits per heavy atom. The van der Waals surface area contributed by atoms with Gasteiger partial charge in [0.05, 0.1) is 6.61 Å². The quantitative estimate of drug-likeness (QED) is 0.257. The Morgan fingerprint density at radius 3 is 2.07 bits per heavy atom. The zero-order valence-electron chi connectivity index (χ0n) is 25.7. The van der Waals surface area contributed by atoms with Crippen molar-refractivity contribution in [2.45, 2.75) is 102 Å². The van der Waals surface area contributed by atoms with Crippen LogP contribution in [-0.4, -0.2) is 64.1 Å². The molecule has 2 aromatic rings. The molecule has 0 radical (unpaired) electrons. The van der Waals surface area contributed by atoms with Crippen LogP contribution in [0.3, 0.4) is 0 Å². The maximum atomic E-state index is 13.3. The predicted octanol–water partition coefficient (Wildman–Crippen LogP) is 5.48. The van der Waals surface area contributed by atoms with Gasteiger partial charge in [-0.2, -0.15) is 13.4 Å². The fourth-order valence-electron chi connectivity index (χ4n) is 3.82. The van der Waals surface area contributed by atoms with Crippen molar-refractivity contribution in [3.63, 3.8) is 0 Å². The highest BCUT2D eigenvalue weighted by Gasteiger charge is 2.54. The maximum Gasteiger partial charge on any atom is 0.397 e. The summed E-state index contributed by atoms with van der Waals surface area (Å²) < 4.78 is 59.7. The van der Waals surface area contributed by atoms with Gasteiger partial charge in [0.25, 0.3) is 0 Å². The van der Waals surface area contributed by atoms with Crippen molar-refractivity contribution in [1.82, 2.24) is 9.55 Å². The lowest BCUT2D eigenvalue weighted by Gasteiger charge is -2.40. The van der Waals surface area contributed by atoms with E-state index in [1.165, 1.54) is 10.8 Å². The van der Waals surface area contributed by atoms with Gasteiger partial charge in [0.2, 0.25) is 0 Å². The van der Waals surface area contributed by atoms with Crippen molar-refractivity contribution >= 4 is 38.5 Å². The number of rotatable bonds is 10. The second-order valence-corrected chi connectivity index (χ2v) is 24.1. The monoisotopic (exact) mass is 627 g/mol. The number of hydrogen-bond donors (Lipinski definition) is 2. The minimum atomic E-state index is -4.91. The van der Waals surface area contributed by atoms with Crippen molar-refractivity contribution < 1.29 is 30.7 Å². The van der Waals surface area contributed by atoms with Crippen molar-refractivity contribution in [2.75, 3.05) is 11.9 Å². The molecule has 0 aliphatic carbocycles. The second-order valence-electron chi connectivity index (χ2n) is 13.5. The first-order valence-corrected chi connectivity index (χ1v) is 20.8. The number of benzene rings is 1. The van der Waals surface area contributed by atoms with Gasteiger partial charge in [-0.05, 0) is 54.5 Å². The summed E-state index contributed by atoms with van der Waals surface area (Å²) in [6, 6.07) is 10.9. The van der Waals surface area contributed by atoms with E-state index in [2.05, 4.69) is 44.2 Å². The third-order valence-corrected chi connectivity index (χ3v) is 17.8. The van der Waals surface area contributed by atoms with Crippen LogP contribution in [0.1, 0.15) is 47.8 Å². The number of nitrogens with one attached hydrogen (secondary N) is 1. The molecule has 1 aromatic carbocycles. The van der Waals surface area contributed by atoms with E-state index in [-0.39, 0.29) is 16.7 Å². The zero-order chi connectivity index (χ0) is 31.0. The van der Waals surface area contributed by atoms with E-state index < -0.39 is 57.3 Å². The Balaban J connectivity index is 2.04. The number of para-hydroxylation sites is 1. The van der Waals surface area contributed by atoms with Gasteiger partial charge < -0.3 is 18.9 Å². The summed E-state index contributed by atoms with van der Waals surface area (Å²) in [5, 5.41) is 2.71. The molecule has 230 valence electrons. The third kappa shape index (κ3) is 8.35. The molecule has 1 saturated heterocycles. The van der Waals surface area contributed by atoms with E-state index >= 15 is 0 Å². The van der Waals surface area contributed by atoms with E-state index in [9.17, 15) is 17.8 Å². The topological polar surface area (TPSA) is 138 Å². The molecule has 4 atom stereocenters. The molecular formula is C27H45N3O8SSi2. The van der Waals surface area contributed by atoms with Crippen LogP contribution < -0.4 is 11.0 Å². The molecule has 2 N–H and O–H groups in total. The number of anilines is 2. The Bertz CT molecular complexity index is 1360. The molecular weight excluding hydrogens is 583 g/mol. The average molecular weight is 628 g/mol. The summed E-state index contributed by atoms with van der Waals surface area (Å²) in [6.45, 7) is 20.5. The van der Waals surface area contributed by atoms with Crippen LogP contribution in [-0.2, 0) is 28.2 Å². The molecule has 41 heavy (non-hydrogen) atoms. The first kappa shape index (κ1) is 33.6. The van der Waals surface area contributed by atoms with E-state index in [0.717, 1.165) is 5.69 Å². The number of hydrogen-bond acceptors (Lipinski definition) is 9. The lowest BCUT2D eigenvalue weighted by Crippen LogP contribution is -2.51. The van der Waals surface area contributed by atoms with E-state index in [4.69, 9.17) is 17.8 Å². The Hall–Kier alpha value is -1.92. The Kier molecular flexibility index (Phi) is 9.82. The highest BCUT2D eigenvalue weighted by Crippen LogP contribution is 2.43. The molecule has 14 heteroatoms. The summed E-state index contributed by atoms with van der Waals surface area (Å²) in [6.07, 6.45) is -2.86. The molecule has 11 nitrogen and oxygen atoms in total. The van der Waals surface area contributed by atoms with Crippen molar-refractivity contribution in [2.24, 2.45) is 0 Å². The standard InChI is InChI=1S/C27H45N3O8SSi2/c1-26(2,3)40(7,8)35-18-20-22(37-39(32,33)34)23(38-41(9,10)27(4,5)6)24(36-20)30-17-16-21(29-25(30)31)28-19-14-12-11-13-15-19/h11-17,20,22-24H,18H2,1-10H3,(H,28,29,31)(H,32,33,34)/t20-,22-,23-,24-/m1/s1. The molecule has 1 fully saturated rings. The predicted molar refractivity (Wildman–Crippen MR) is 164 cm³/mol. The van der Waals surface area contributed by atoms with Gasteiger partial charge in [-0.15, -0.1) is 0 Å². The summed E-state index contributed by atoms with van der Waals surface area (Å²) in [4.78, 5) is 17.5. The molecule has 0 saturated carbocycles. The van der Waals surface area contributed by atoms with E-state index in [1.54, 1.807) is 6.07 Å². The third-order valence-electron chi connectivity index (χ3n) is 8.32. The minimum Gasteiger partial charge on any atom is -0.414 e. The number of nitrogens with zero attached hydrogens (tertiary/aromatic N) is 2. The number of ether oxygens (including phenoxy) is 1.